The second-order valence-corrected chi connectivity index (χ2v) is 9.83. The third kappa shape index (κ3) is 1.38. The fourth-order valence-corrected chi connectivity index (χ4v) is 8.58. The van der Waals surface area contributed by atoms with Gasteiger partial charge in [-0.05, 0) is 42.0 Å². The molecule has 2 heteroatoms. The highest BCUT2D eigenvalue weighted by Crippen LogP contribution is 2.90. The van der Waals surface area contributed by atoms with Crippen molar-refractivity contribution < 1.29 is 9.90 Å². The van der Waals surface area contributed by atoms with Gasteiger partial charge in [-0.15, -0.1) is 0 Å². The van der Waals surface area contributed by atoms with Crippen molar-refractivity contribution in [2.75, 3.05) is 0 Å². The number of ketones is 1. The van der Waals surface area contributed by atoms with Crippen LogP contribution in [0.4, 0.5) is 0 Å². The summed E-state index contributed by atoms with van der Waals surface area (Å²) in [4.78, 5) is 14.3. The number of rotatable bonds is 3. The van der Waals surface area contributed by atoms with Gasteiger partial charge in [0.25, 0.3) is 0 Å². The second-order valence-electron chi connectivity index (χ2n) is 9.83. The van der Waals surface area contributed by atoms with Gasteiger partial charge in [0, 0.05) is 22.7 Å². The van der Waals surface area contributed by atoms with Crippen LogP contribution in [0.5, 0.6) is 0 Å². The molecule has 4 aliphatic rings. The molecule has 4 bridgehead atoms. The molecule has 2 fully saturated rings. The van der Waals surface area contributed by atoms with Gasteiger partial charge in [-0.2, -0.15) is 0 Å². The lowest BCUT2D eigenvalue weighted by molar-refractivity contribution is -0.141. The Balaban J connectivity index is 1.81. The maximum atomic E-state index is 14.3. The topological polar surface area (TPSA) is 37.3 Å². The van der Waals surface area contributed by atoms with Crippen molar-refractivity contribution in [3.05, 3.63) is 82.4 Å². The van der Waals surface area contributed by atoms with Crippen LogP contribution in [-0.2, 0) is 10.2 Å². The van der Waals surface area contributed by atoms with E-state index in [-0.39, 0.29) is 11.8 Å². The number of hydrogen-bond acceptors (Lipinski definition) is 2. The standard InChI is InChI=1S/C27H28O2/c1-5-18-19(6-2)27(29)21-17-14-10-11-15-20(17)26(16-12-8-7-9-13-16)22(25(26,27)4)23(28)24(18,21)3/h7-15,21-22,29H,5-6H2,1-4H3/t21-,22+,24+,25-,26+,27+/m1/s1. The quantitative estimate of drug-likeness (QED) is 0.743. The zero-order chi connectivity index (χ0) is 20.4. The average Bonchev–Trinajstić information content (AvgIpc) is 3.30. The van der Waals surface area contributed by atoms with E-state index in [1.807, 2.05) is 6.07 Å². The minimum Gasteiger partial charge on any atom is -0.384 e. The molecule has 0 saturated heterocycles. The van der Waals surface area contributed by atoms with Gasteiger partial charge < -0.3 is 5.11 Å². The first-order valence-electron chi connectivity index (χ1n) is 11.0. The zero-order valence-corrected chi connectivity index (χ0v) is 17.6. The van der Waals surface area contributed by atoms with Crippen molar-refractivity contribution in [1.82, 2.24) is 0 Å². The second kappa shape index (κ2) is 4.92. The fraction of sp³-hybridized carbons (Fsp3) is 0.444. The van der Waals surface area contributed by atoms with Crippen LogP contribution in [0, 0.1) is 16.7 Å². The molecule has 0 aliphatic heterocycles. The van der Waals surface area contributed by atoms with Gasteiger partial charge in [-0.25, -0.2) is 0 Å². The van der Waals surface area contributed by atoms with Crippen molar-refractivity contribution >= 4 is 5.78 Å². The van der Waals surface area contributed by atoms with Crippen LogP contribution in [0.2, 0.25) is 0 Å². The van der Waals surface area contributed by atoms with Gasteiger partial charge in [0.05, 0.1) is 5.41 Å². The molecule has 0 spiro atoms. The van der Waals surface area contributed by atoms with Crippen molar-refractivity contribution in [3.8, 4) is 0 Å². The number of benzene rings is 2. The van der Waals surface area contributed by atoms with Gasteiger partial charge in [-0.1, -0.05) is 80.9 Å². The maximum Gasteiger partial charge on any atom is 0.148 e. The van der Waals surface area contributed by atoms with E-state index < -0.39 is 21.8 Å². The Labute approximate surface area is 172 Å². The Hall–Kier alpha value is -2.19. The van der Waals surface area contributed by atoms with Gasteiger partial charge in [0.1, 0.15) is 11.4 Å². The minimum atomic E-state index is -0.968. The first-order chi connectivity index (χ1) is 13.9. The third-order valence-corrected chi connectivity index (χ3v) is 9.39. The maximum absolute atomic E-state index is 14.3. The summed E-state index contributed by atoms with van der Waals surface area (Å²) in [5.74, 6) is -0.0166. The average molecular weight is 385 g/mol. The van der Waals surface area contributed by atoms with Crippen molar-refractivity contribution in [3.63, 3.8) is 0 Å². The number of Topliss-reactive ketones (excluding diaryl/α,β-unsaturated/α-hetero) is 1. The summed E-state index contributed by atoms with van der Waals surface area (Å²) >= 11 is 0. The number of aliphatic hydroxyl groups is 1. The van der Waals surface area contributed by atoms with Crippen LogP contribution in [-0.4, -0.2) is 16.5 Å². The molecule has 2 nitrogen and oxygen atoms in total. The van der Waals surface area contributed by atoms with Gasteiger partial charge >= 0.3 is 0 Å². The number of allylic oxidation sites excluding steroid dienone is 1. The molecule has 2 aromatic carbocycles. The third-order valence-electron chi connectivity index (χ3n) is 9.39. The van der Waals surface area contributed by atoms with Crippen molar-refractivity contribution in [2.45, 2.75) is 57.5 Å². The SMILES string of the molecule is CCC1=C(CC)[C@]2(O)[C@@H]3c4ccccc4[C@@]4(c5ccccc5)[C@@H](C(=O)[C@@]13C)[C@]42C. The van der Waals surface area contributed by atoms with Crippen LogP contribution < -0.4 is 0 Å². The van der Waals surface area contributed by atoms with E-state index >= 15 is 0 Å². The predicted octanol–water partition coefficient (Wildman–Crippen LogP) is 5.16. The summed E-state index contributed by atoms with van der Waals surface area (Å²) in [5, 5.41) is 12.7. The largest absolute Gasteiger partial charge is 0.384 e. The Morgan fingerprint density at radius 1 is 0.862 bits per heavy atom. The van der Waals surface area contributed by atoms with E-state index in [0.29, 0.717) is 5.78 Å². The molecule has 0 amide bonds. The zero-order valence-electron chi connectivity index (χ0n) is 17.6. The molecule has 6 rings (SSSR count). The summed E-state index contributed by atoms with van der Waals surface area (Å²) < 4.78 is 0. The molecule has 2 saturated carbocycles. The molecular formula is C27H28O2. The number of carbonyl (C=O) groups excluding carboxylic acids is 1. The molecule has 0 aromatic heterocycles. The van der Waals surface area contributed by atoms with Crippen LogP contribution in [0.1, 0.15) is 63.1 Å². The molecular weight excluding hydrogens is 356 g/mol. The summed E-state index contributed by atoms with van der Waals surface area (Å²) in [5.41, 5.74) is 3.43. The number of fused-ring (bicyclic) bond motifs is 3. The molecule has 0 radical (unpaired) electrons. The highest BCUT2D eigenvalue weighted by atomic mass is 16.3. The summed E-state index contributed by atoms with van der Waals surface area (Å²) in [6, 6.07) is 19.0. The molecule has 2 aromatic rings. The van der Waals surface area contributed by atoms with Gasteiger partial charge in [0.15, 0.2) is 0 Å². The van der Waals surface area contributed by atoms with Crippen LogP contribution in [0.15, 0.2) is 65.7 Å². The monoisotopic (exact) mass is 384 g/mol. The molecule has 1 N–H and O–H groups in total. The Kier molecular flexibility index (Phi) is 3.00. The lowest BCUT2D eigenvalue weighted by Gasteiger charge is -2.52. The molecule has 4 aliphatic carbocycles. The first kappa shape index (κ1) is 17.7. The smallest absolute Gasteiger partial charge is 0.148 e. The molecule has 148 valence electrons. The molecule has 6 atom stereocenters. The highest BCUT2D eigenvalue weighted by molar-refractivity contribution is 6.03. The van der Waals surface area contributed by atoms with Gasteiger partial charge in [-0.3, -0.25) is 4.79 Å². The Morgan fingerprint density at radius 2 is 1.48 bits per heavy atom. The Bertz CT molecular complexity index is 1110. The van der Waals surface area contributed by atoms with Crippen molar-refractivity contribution in [2.24, 2.45) is 16.7 Å². The minimum absolute atomic E-state index is 0.177. The molecule has 29 heavy (non-hydrogen) atoms. The van der Waals surface area contributed by atoms with Crippen LogP contribution in [0.3, 0.4) is 0 Å². The fourth-order valence-electron chi connectivity index (χ4n) is 8.58. The summed E-state index contributed by atoms with van der Waals surface area (Å²) in [7, 11) is 0. The lowest BCUT2D eigenvalue weighted by atomic mass is 9.53. The highest BCUT2D eigenvalue weighted by Gasteiger charge is 2.94. The molecule has 0 heterocycles. The van der Waals surface area contributed by atoms with Crippen LogP contribution >= 0.6 is 0 Å². The van der Waals surface area contributed by atoms with Crippen molar-refractivity contribution in [1.29, 1.82) is 0 Å². The summed E-state index contributed by atoms with van der Waals surface area (Å²) in [6.45, 7) is 8.61. The molecule has 0 unspecified atom stereocenters. The number of hydrogen-bond donors (Lipinski definition) is 1. The summed E-state index contributed by atoms with van der Waals surface area (Å²) in [6.07, 6.45) is 1.63. The van der Waals surface area contributed by atoms with E-state index in [2.05, 4.69) is 76.2 Å². The van der Waals surface area contributed by atoms with E-state index in [4.69, 9.17) is 0 Å². The number of carbonyl (C=O) groups is 1. The predicted molar refractivity (Wildman–Crippen MR) is 114 cm³/mol. The van der Waals surface area contributed by atoms with Crippen LogP contribution in [0.25, 0.3) is 0 Å². The van der Waals surface area contributed by atoms with E-state index in [1.165, 1.54) is 22.3 Å². The van der Waals surface area contributed by atoms with Gasteiger partial charge in [0.2, 0.25) is 0 Å². The van der Waals surface area contributed by atoms with E-state index in [0.717, 1.165) is 18.4 Å². The normalized spacial score (nSPS) is 43.4. The lowest BCUT2D eigenvalue weighted by Crippen LogP contribution is -2.56. The first-order valence-corrected chi connectivity index (χ1v) is 11.0. The Morgan fingerprint density at radius 3 is 2.14 bits per heavy atom. The van der Waals surface area contributed by atoms with E-state index in [9.17, 15) is 9.90 Å². The van der Waals surface area contributed by atoms with E-state index in [1.54, 1.807) is 0 Å².